The van der Waals surface area contributed by atoms with E-state index in [1.807, 2.05) is 24.3 Å². The predicted molar refractivity (Wildman–Crippen MR) is 70.3 cm³/mol. The van der Waals surface area contributed by atoms with E-state index < -0.39 is 0 Å². The van der Waals surface area contributed by atoms with Crippen LogP contribution in [0.2, 0.25) is 5.02 Å². The number of nitrogens with zero attached hydrogens (tertiary/aromatic N) is 3. The Kier molecular flexibility index (Phi) is 3.88. The average Bonchev–Trinajstić information content (AvgIpc) is 2.31. The van der Waals surface area contributed by atoms with Gasteiger partial charge in [0.2, 0.25) is 0 Å². The molecule has 0 aromatic heterocycles. The first-order valence-electron chi connectivity index (χ1n) is 5.79. The van der Waals surface area contributed by atoms with Crippen molar-refractivity contribution in [3.63, 3.8) is 0 Å². The second-order valence-corrected chi connectivity index (χ2v) is 4.83. The van der Waals surface area contributed by atoms with Gasteiger partial charge in [-0.05, 0) is 19.2 Å². The summed E-state index contributed by atoms with van der Waals surface area (Å²) in [6.45, 7) is 2.85. The molecule has 0 radical (unpaired) electrons. The fourth-order valence-electron chi connectivity index (χ4n) is 2.29. The molecule has 0 saturated carbocycles. The fourth-order valence-corrected chi connectivity index (χ4v) is 2.54. The molecular weight excluding hydrogens is 234 g/mol. The summed E-state index contributed by atoms with van der Waals surface area (Å²) in [5, 5.41) is 9.67. The molecule has 1 aromatic rings. The zero-order valence-corrected chi connectivity index (χ0v) is 10.7. The maximum Gasteiger partial charge on any atom is 0.0643 e. The number of rotatable bonds is 2. The van der Waals surface area contributed by atoms with Crippen LogP contribution in [-0.4, -0.2) is 37.6 Å². The lowest BCUT2D eigenvalue weighted by Gasteiger charge is -2.41. The van der Waals surface area contributed by atoms with Crippen LogP contribution in [-0.2, 0) is 0 Å². The molecular formula is C13H16ClN3. The Morgan fingerprint density at radius 2 is 2.18 bits per heavy atom. The van der Waals surface area contributed by atoms with Crippen LogP contribution in [0, 0.1) is 11.3 Å². The first-order chi connectivity index (χ1) is 8.22. The second kappa shape index (κ2) is 5.39. The molecule has 2 rings (SSSR count). The number of hydrogen-bond donors (Lipinski definition) is 0. The molecule has 1 atom stereocenters. The Morgan fingerprint density at radius 3 is 2.88 bits per heavy atom. The minimum atomic E-state index is 0.235. The summed E-state index contributed by atoms with van der Waals surface area (Å²) in [7, 11) is 2.09. The molecule has 0 spiro atoms. The highest BCUT2D eigenvalue weighted by molar-refractivity contribution is 6.33. The van der Waals surface area contributed by atoms with Crippen molar-refractivity contribution in [3.05, 3.63) is 29.3 Å². The van der Waals surface area contributed by atoms with E-state index in [-0.39, 0.29) is 6.04 Å². The SMILES string of the molecule is CN1CCN(c2ccccc2Cl)C(CC#N)C1. The average molecular weight is 250 g/mol. The van der Waals surface area contributed by atoms with Crippen molar-refractivity contribution >= 4 is 17.3 Å². The van der Waals surface area contributed by atoms with Crippen molar-refractivity contribution in [2.24, 2.45) is 0 Å². The van der Waals surface area contributed by atoms with Gasteiger partial charge in [0.05, 0.1) is 29.2 Å². The summed E-state index contributed by atoms with van der Waals surface area (Å²) in [6, 6.07) is 10.3. The van der Waals surface area contributed by atoms with E-state index in [0.29, 0.717) is 6.42 Å². The molecule has 1 aliphatic rings. The molecule has 1 unspecified atom stereocenters. The highest BCUT2D eigenvalue weighted by atomic mass is 35.5. The van der Waals surface area contributed by atoms with Crippen molar-refractivity contribution in [1.29, 1.82) is 5.26 Å². The van der Waals surface area contributed by atoms with Gasteiger partial charge >= 0.3 is 0 Å². The number of nitriles is 1. The summed E-state index contributed by atoms with van der Waals surface area (Å²) >= 11 is 6.22. The quantitative estimate of drug-likeness (QED) is 0.806. The van der Waals surface area contributed by atoms with Gasteiger partial charge in [0.25, 0.3) is 0 Å². The van der Waals surface area contributed by atoms with Crippen LogP contribution in [0.4, 0.5) is 5.69 Å². The minimum Gasteiger partial charge on any atom is -0.364 e. The van der Waals surface area contributed by atoms with Crippen LogP contribution < -0.4 is 4.90 Å². The van der Waals surface area contributed by atoms with Crippen LogP contribution in [0.15, 0.2) is 24.3 Å². The molecule has 1 saturated heterocycles. The van der Waals surface area contributed by atoms with Crippen molar-refractivity contribution in [1.82, 2.24) is 4.90 Å². The Labute approximate surface area is 107 Å². The molecule has 1 heterocycles. The Hall–Kier alpha value is -1.24. The van der Waals surface area contributed by atoms with Gasteiger partial charge in [0.15, 0.2) is 0 Å². The van der Waals surface area contributed by atoms with Gasteiger partial charge in [-0.1, -0.05) is 23.7 Å². The molecule has 1 aromatic carbocycles. The maximum atomic E-state index is 8.91. The van der Waals surface area contributed by atoms with E-state index in [4.69, 9.17) is 16.9 Å². The summed E-state index contributed by atoms with van der Waals surface area (Å²) in [5.41, 5.74) is 1.04. The number of likely N-dealkylation sites (N-methyl/N-ethyl adjacent to an activating group) is 1. The van der Waals surface area contributed by atoms with Crippen molar-refractivity contribution in [2.75, 3.05) is 31.6 Å². The molecule has 0 N–H and O–H groups in total. The van der Waals surface area contributed by atoms with Crippen LogP contribution in [0.5, 0.6) is 0 Å². The number of halogens is 1. The van der Waals surface area contributed by atoms with Crippen LogP contribution in [0.3, 0.4) is 0 Å². The highest BCUT2D eigenvalue weighted by Gasteiger charge is 2.26. The first kappa shape index (κ1) is 12.2. The van der Waals surface area contributed by atoms with E-state index in [0.717, 1.165) is 30.3 Å². The summed E-state index contributed by atoms with van der Waals surface area (Å²) in [5.74, 6) is 0. The van der Waals surface area contributed by atoms with Gasteiger partial charge in [-0.3, -0.25) is 0 Å². The number of benzene rings is 1. The third-order valence-corrected chi connectivity index (χ3v) is 3.49. The van der Waals surface area contributed by atoms with E-state index in [9.17, 15) is 0 Å². The van der Waals surface area contributed by atoms with Crippen molar-refractivity contribution in [3.8, 4) is 6.07 Å². The molecule has 0 amide bonds. The lowest BCUT2D eigenvalue weighted by atomic mass is 10.1. The molecule has 0 bridgehead atoms. The monoisotopic (exact) mass is 249 g/mol. The van der Waals surface area contributed by atoms with Crippen LogP contribution in [0.25, 0.3) is 0 Å². The Balaban J connectivity index is 2.24. The molecule has 1 aliphatic heterocycles. The molecule has 0 aliphatic carbocycles. The van der Waals surface area contributed by atoms with E-state index >= 15 is 0 Å². The molecule has 1 fully saturated rings. The summed E-state index contributed by atoms with van der Waals surface area (Å²) < 4.78 is 0. The zero-order valence-electron chi connectivity index (χ0n) is 9.93. The predicted octanol–water partition coefficient (Wildman–Crippen LogP) is 2.37. The van der Waals surface area contributed by atoms with Crippen molar-refractivity contribution < 1.29 is 0 Å². The van der Waals surface area contributed by atoms with Crippen LogP contribution >= 0.6 is 11.6 Å². The van der Waals surface area contributed by atoms with E-state index in [1.54, 1.807) is 0 Å². The van der Waals surface area contributed by atoms with Gasteiger partial charge in [-0.15, -0.1) is 0 Å². The van der Waals surface area contributed by atoms with Crippen molar-refractivity contribution in [2.45, 2.75) is 12.5 Å². The van der Waals surface area contributed by atoms with Gasteiger partial charge in [0.1, 0.15) is 0 Å². The van der Waals surface area contributed by atoms with E-state index in [1.165, 1.54) is 0 Å². The molecule has 90 valence electrons. The van der Waals surface area contributed by atoms with Crippen LogP contribution in [0.1, 0.15) is 6.42 Å². The molecule has 4 heteroatoms. The summed E-state index contributed by atoms with van der Waals surface area (Å²) in [4.78, 5) is 4.51. The third-order valence-electron chi connectivity index (χ3n) is 3.17. The second-order valence-electron chi connectivity index (χ2n) is 4.42. The van der Waals surface area contributed by atoms with Gasteiger partial charge in [0, 0.05) is 19.6 Å². The highest BCUT2D eigenvalue weighted by Crippen LogP contribution is 2.29. The summed E-state index contributed by atoms with van der Waals surface area (Å²) in [6.07, 6.45) is 0.537. The number of para-hydroxylation sites is 1. The zero-order chi connectivity index (χ0) is 12.3. The largest absolute Gasteiger partial charge is 0.364 e. The smallest absolute Gasteiger partial charge is 0.0643 e. The number of anilines is 1. The topological polar surface area (TPSA) is 30.3 Å². The van der Waals surface area contributed by atoms with E-state index in [2.05, 4.69) is 22.9 Å². The minimum absolute atomic E-state index is 0.235. The normalized spacial score (nSPS) is 21.2. The van der Waals surface area contributed by atoms with Gasteiger partial charge in [-0.25, -0.2) is 0 Å². The standard InChI is InChI=1S/C13H16ClN3/c1-16-8-9-17(11(10-16)6-7-15)13-5-3-2-4-12(13)14/h2-5,11H,6,8-10H2,1H3. The first-order valence-corrected chi connectivity index (χ1v) is 6.17. The number of hydrogen-bond acceptors (Lipinski definition) is 3. The lowest BCUT2D eigenvalue weighted by molar-refractivity contribution is 0.268. The molecule has 3 nitrogen and oxygen atoms in total. The number of piperazine rings is 1. The third kappa shape index (κ3) is 2.71. The Morgan fingerprint density at radius 1 is 1.41 bits per heavy atom. The maximum absolute atomic E-state index is 8.91. The molecule has 17 heavy (non-hydrogen) atoms. The van der Waals surface area contributed by atoms with Gasteiger partial charge < -0.3 is 9.80 Å². The van der Waals surface area contributed by atoms with Gasteiger partial charge in [-0.2, -0.15) is 5.26 Å². The fraction of sp³-hybridized carbons (Fsp3) is 0.462. The lowest BCUT2D eigenvalue weighted by Crippen LogP contribution is -2.52. The Bertz CT molecular complexity index is 427.